The third-order valence-electron chi connectivity index (χ3n) is 5.21. The maximum absolute atomic E-state index is 13.1. The van der Waals surface area contributed by atoms with Crippen molar-refractivity contribution in [3.05, 3.63) is 86.7 Å². The van der Waals surface area contributed by atoms with Crippen LogP contribution in [0.1, 0.15) is 24.4 Å². The molecule has 0 radical (unpaired) electrons. The number of carbonyl (C=O) groups is 1. The molecule has 0 spiro atoms. The number of rotatable bonds is 5. The maximum atomic E-state index is 13.1. The molecule has 168 valence electrons. The summed E-state index contributed by atoms with van der Waals surface area (Å²) in [5, 5.41) is 15.9. The molecule has 3 aromatic heterocycles. The molecule has 1 N–H and O–H groups in total. The standard InChI is InChI=1S/C23H23N7O3/c1-14-13-15(2)29(25-14)20-10-12-22(32)30(27-20)16(3)23(33)24-18-8-6-5-7-17(18)19-9-11-21(31)28(4)26-19/h5-13,16H,1-4H3,(H,24,33)/t16-/m0/s1. The SMILES string of the molecule is Cc1cc(C)n(-c2ccc(=O)n([C@@H](C)C(=O)Nc3ccccc3-c3ccc(=O)n(C)n3)n2)n1. The molecule has 3 heterocycles. The first-order valence-corrected chi connectivity index (χ1v) is 10.3. The van der Waals surface area contributed by atoms with E-state index in [-0.39, 0.29) is 5.56 Å². The zero-order chi connectivity index (χ0) is 23.7. The van der Waals surface area contributed by atoms with Crippen molar-refractivity contribution >= 4 is 11.6 Å². The van der Waals surface area contributed by atoms with Crippen LogP contribution in [0.3, 0.4) is 0 Å². The van der Waals surface area contributed by atoms with E-state index in [1.807, 2.05) is 26.0 Å². The van der Waals surface area contributed by atoms with E-state index in [1.54, 1.807) is 49.0 Å². The van der Waals surface area contributed by atoms with Crippen LogP contribution in [0.25, 0.3) is 17.1 Å². The summed E-state index contributed by atoms with van der Waals surface area (Å²) < 4.78 is 3.98. The number of aryl methyl sites for hydroxylation is 3. The zero-order valence-electron chi connectivity index (χ0n) is 18.7. The van der Waals surface area contributed by atoms with Crippen LogP contribution in [-0.2, 0) is 11.8 Å². The van der Waals surface area contributed by atoms with E-state index in [1.165, 1.54) is 16.8 Å². The average Bonchev–Trinajstić information content (AvgIpc) is 3.13. The molecular formula is C23H23N7O3. The number of para-hydroxylation sites is 1. The van der Waals surface area contributed by atoms with E-state index >= 15 is 0 Å². The number of hydrogen-bond donors (Lipinski definition) is 1. The summed E-state index contributed by atoms with van der Waals surface area (Å²) in [6.07, 6.45) is 0. The number of hydrogen-bond acceptors (Lipinski definition) is 6. The highest BCUT2D eigenvalue weighted by molar-refractivity contribution is 5.97. The van der Waals surface area contributed by atoms with Crippen LogP contribution in [0.2, 0.25) is 0 Å². The quantitative estimate of drug-likeness (QED) is 0.502. The topological polar surface area (TPSA) is 117 Å². The molecule has 0 fully saturated rings. The molecule has 10 heteroatoms. The molecule has 4 rings (SSSR count). The van der Waals surface area contributed by atoms with E-state index in [4.69, 9.17) is 0 Å². The fraction of sp³-hybridized carbons (Fsp3) is 0.217. The molecule has 1 amide bonds. The van der Waals surface area contributed by atoms with Gasteiger partial charge in [-0.15, -0.1) is 5.10 Å². The number of aromatic nitrogens is 6. The van der Waals surface area contributed by atoms with Crippen LogP contribution in [0, 0.1) is 13.8 Å². The Kier molecular flexibility index (Phi) is 5.74. The van der Waals surface area contributed by atoms with Crippen LogP contribution >= 0.6 is 0 Å². The number of nitrogens with zero attached hydrogens (tertiary/aromatic N) is 6. The van der Waals surface area contributed by atoms with E-state index in [2.05, 4.69) is 20.6 Å². The predicted molar refractivity (Wildman–Crippen MR) is 123 cm³/mol. The van der Waals surface area contributed by atoms with Gasteiger partial charge in [0.15, 0.2) is 5.82 Å². The van der Waals surface area contributed by atoms with Crippen LogP contribution in [0.4, 0.5) is 5.69 Å². The normalized spacial score (nSPS) is 11.9. The zero-order valence-corrected chi connectivity index (χ0v) is 18.7. The lowest BCUT2D eigenvalue weighted by molar-refractivity contribution is -0.119. The van der Waals surface area contributed by atoms with Crippen molar-refractivity contribution in [3.8, 4) is 17.1 Å². The molecule has 0 bridgehead atoms. The molecular weight excluding hydrogens is 422 g/mol. The Hall–Kier alpha value is -4.34. The molecule has 0 saturated carbocycles. The van der Waals surface area contributed by atoms with Crippen molar-refractivity contribution in [2.24, 2.45) is 7.05 Å². The van der Waals surface area contributed by atoms with Crippen LogP contribution in [0.15, 0.2) is 64.2 Å². The molecule has 4 aromatic rings. The number of carbonyl (C=O) groups excluding carboxylic acids is 1. The van der Waals surface area contributed by atoms with Crippen molar-refractivity contribution in [2.45, 2.75) is 26.8 Å². The lowest BCUT2D eigenvalue weighted by atomic mass is 10.1. The fourth-order valence-electron chi connectivity index (χ4n) is 3.48. The third-order valence-corrected chi connectivity index (χ3v) is 5.21. The summed E-state index contributed by atoms with van der Waals surface area (Å²) >= 11 is 0. The number of anilines is 1. The third kappa shape index (κ3) is 4.36. The molecule has 0 aliphatic carbocycles. The van der Waals surface area contributed by atoms with Gasteiger partial charge in [-0.25, -0.2) is 14.0 Å². The van der Waals surface area contributed by atoms with Gasteiger partial charge in [-0.2, -0.15) is 10.2 Å². The van der Waals surface area contributed by atoms with Crippen LogP contribution < -0.4 is 16.4 Å². The van der Waals surface area contributed by atoms with Gasteiger partial charge in [-0.3, -0.25) is 14.4 Å². The minimum Gasteiger partial charge on any atom is -0.324 e. The van der Waals surface area contributed by atoms with Gasteiger partial charge in [-0.05, 0) is 45.0 Å². The first-order valence-electron chi connectivity index (χ1n) is 10.3. The van der Waals surface area contributed by atoms with Crippen LogP contribution in [-0.4, -0.2) is 35.2 Å². The fourth-order valence-corrected chi connectivity index (χ4v) is 3.48. The first kappa shape index (κ1) is 21.9. The van der Waals surface area contributed by atoms with Gasteiger partial charge >= 0.3 is 0 Å². The Balaban J connectivity index is 1.65. The van der Waals surface area contributed by atoms with Gasteiger partial charge in [0.25, 0.3) is 11.1 Å². The molecule has 0 saturated heterocycles. The molecule has 1 aromatic carbocycles. The molecule has 10 nitrogen and oxygen atoms in total. The summed E-state index contributed by atoms with van der Waals surface area (Å²) in [6, 6.07) is 14.1. The highest BCUT2D eigenvalue weighted by Gasteiger charge is 2.20. The second kappa shape index (κ2) is 8.65. The lowest BCUT2D eigenvalue weighted by Crippen LogP contribution is -2.34. The summed E-state index contributed by atoms with van der Waals surface area (Å²) in [4.78, 5) is 37.3. The average molecular weight is 445 g/mol. The summed E-state index contributed by atoms with van der Waals surface area (Å²) in [5.74, 6) is 0.0158. The van der Waals surface area contributed by atoms with Gasteiger partial charge in [0.1, 0.15) is 6.04 Å². The van der Waals surface area contributed by atoms with Crippen molar-refractivity contribution in [1.29, 1.82) is 0 Å². The van der Waals surface area contributed by atoms with Gasteiger partial charge < -0.3 is 5.32 Å². The van der Waals surface area contributed by atoms with Gasteiger partial charge in [0.2, 0.25) is 5.91 Å². The Morgan fingerprint density at radius 1 is 0.939 bits per heavy atom. The largest absolute Gasteiger partial charge is 0.324 e. The molecule has 0 aliphatic heterocycles. The maximum Gasteiger partial charge on any atom is 0.267 e. The molecule has 33 heavy (non-hydrogen) atoms. The van der Waals surface area contributed by atoms with Crippen molar-refractivity contribution < 1.29 is 4.79 Å². The van der Waals surface area contributed by atoms with E-state index in [0.717, 1.165) is 16.1 Å². The Bertz CT molecular complexity index is 1470. The Morgan fingerprint density at radius 3 is 2.36 bits per heavy atom. The minimum atomic E-state index is -0.893. The summed E-state index contributed by atoms with van der Waals surface area (Å²) in [7, 11) is 1.56. The Labute approximate surface area is 189 Å². The summed E-state index contributed by atoms with van der Waals surface area (Å²) in [6.45, 7) is 5.35. The van der Waals surface area contributed by atoms with E-state index in [9.17, 15) is 14.4 Å². The van der Waals surface area contributed by atoms with Gasteiger partial charge in [-0.1, -0.05) is 18.2 Å². The monoisotopic (exact) mass is 445 g/mol. The first-order chi connectivity index (χ1) is 15.7. The predicted octanol–water partition coefficient (Wildman–Crippen LogP) is 2.01. The van der Waals surface area contributed by atoms with E-state index < -0.39 is 17.5 Å². The van der Waals surface area contributed by atoms with Crippen LogP contribution in [0.5, 0.6) is 0 Å². The highest BCUT2D eigenvalue weighted by atomic mass is 16.2. The van der Waals surface area contributed by atoms with Crippen molar-refractivity contribution in [3.63, 3.8) is 0 Å². The second-order valence-corrected chi connectivity index (χ2v) is 7.70. The Morgan fingerprint density at radius 2 is 1.67 bits per heavy atom. The molecule has 0 unspecified atom stereocenters. The number of benzene rings is 1. The number of nitrogens with one attached hydrogen (secondary N) is 1. The van der Waals surface area contributed by atoms with Crippen molar-refractivity contribution in [1.82, 2.24) is 29.3 Å². The smallest absolute Gasteiger partial charge is 0.267 e. The molecule has 1 atom stereocenters. The minimum absolute atomic E-state index is 0.234. The second-order valence-electron chi connectivity index (χ2n) is 7.70. The van der Waals surface area contributed by atoms with Gasteiger partial charge in [0.05, 0.1) is 17.1 Å². The highest BCUT2D eigenvalue weighted by Crippen LogP contribution is 2.26. The van der Waals surface area contributed by atoms with Crippen molar-refractivity contribution in [2.75, 3.05) is 5.32 Å². The lowest BCUT2D eigenvalue weighted by Gasteiger charge is -2.17. The molecule has 0 aliphatic rings. The summed E-state index contributed by atoms with van der Waals surface area (Å²) in [5.41, 5.74) is 2.72. The van der Waals surface area contributed by atoms with E-state index in [0.29, 0.717) is 22.8 Å². The number of amides is 1. The van der Waals surface area contributed by atoms with Gasteiger partial charge in [0, 0.05) is 30.4 Å².